The van der Waals surface area contributed by atoms with Gasteiger partial charge in [0, 0.05) is 11.9 Å². The van der Waals surface area contributed by atoms with Crippen LogP contribution in [0.3, 0.4) is 0 Å². The molecule has 0 aliphatic heterocycles. The van der Waals surface area contributed by atoms with Gasteiger partial charge in [-0.05, 0) is 36.8 Å². The summed E-state index contributed by atoms with van der Waals surface area (Å²) in [5.74, 6) is 0. The number of hydrogen-bond acceptors (Lipinski definition) is 4. The number of halogens is 1. The van der Waals surface area contributed by atoms with Gasteiger partial charge in [-0.2, -0.15) is 0 Å². The Bertz CT molecular complexity index is 732. The molecule has 3 N–H and O–H groups in total. The Hall–Kier alpha value is -1.63. The second-order valence-corrected chi connectivity index (χ2v) is 6.42. The quantitative estimate of drug-likeness (QED) is 0.847. The van der Waals surface area contributed by atoms with Crippen LogP contribution in [0, 0.1) is 6.92 Å². The smallest absolute Gasteiger partial charge is 0.241 e. The molecule has 0 unspecified atom stereocenters. The van der Waals surface area contributed by atoms with Crippen molar-refractivity contribution in [1.29, 1.82) is 0 Å². The number of pyridine rings is 1. The Balaban J connectivity index is 2.24. The lowest BCUT2D eigenvalue weighted by atomic mass is 10.2. The van der Waals surface area contributed by atoms with Crippen molar-refractivity contribution in [3.63, 3.8) is 0 Å². The Morgan fingerprint density at radius 2 is 2.10 bits per heavy atom. The summed E-state index contributed by atoms with van der Waals surface area (Å²) in [5.41, 5.74) is 7.12. The monoisotopic (exact) mass is 311 g/mol. The number of nitrogens with two attached hydrogens (primary N) is 1. The lowest BCUT2D eigenvalue weighted by molar-refractivity contribution is 0.580. The van der Waals surface area contributed by atoms with Gasteiger partial charge in [-0.1, -0.05) is 17.7 Å². The Labute approximate surface area is 122 Å². The molecule has 0 saturated carbocycles. The second kappa shape index (κ2) is 5.78. The van der Waals surface area contributed by atoms with E-state index in [1.807, 2.05) is 0 Å². The number of rotatable bonds is 4. The van der Waals surface area contributed by atoms with Crippen LogP contribution in [0.4, 0.5) is 5.69 Å². The van der Waals surface area contributed by atoms with E-state index < -0.39 is 10.0 Å². The van der Waals surface area contributed by atoms with Crippen LogP contribution in [0.1, 0.15) is 11.3 Å². The van der Waals surface area contributed by atoms with Gasteiger partial charge in [0.25, 0.3) is 0 Å². The van der Waals surface area contributed by atoms with Crippen molar-refractivity contribution >= 4 is 27.3 Å². The molecule has 5 nitrogen and oxygen atoms in total. The first-order valence-corrected chi connectivity index (χ1v) is 7.71. The Morgan fingerprint density at radius 1 is 1.35 bits per heavy atom. The van der Waals surface area contributed by atoms with E-state index in [1.54, 1.807) is 37.4 Å². The van der Waals surface area contributed by atoms with E-state index in [0.29, 0.717) is 22.0 Å². The number of aromatic nitrogens is 1. The van der Waals surface area contributed by atoms with Crippen LogP contribution in [0.25, 0.3) is 0 Å². The molecule has 106 valence electrons. The highest BCUT2D eigenvalue weighted by Gasteiger charge is 2.17. The highest BCUT2D eigenvalue weighted by atomic mass is 35.5. The second-order valence-electron chi connectivity index (χ2n) is 4.28. The zero-order valence-corrected chi connectivity index (χ0v) is 12.4. The first-order chi connectivity index (χ1) is 9.40. The van der Waals surface area contributed by atoms with Crippen LogP contribution in [0.2, 0.25) is 5.02 Å². The number of sulfonamides is 1. The number of nitrogens with zero attached hydrogens (tertiary/aromatic N) is 1. The number of nitrogens with one attached hydrogen (secondary N) is 1. The molecule has 2 rings (SSSR count). The molecule has 0 aliphatic carbocycles. The number of aryl methyl sites for hydroxylation is 1. The van der Waals surface area contributed by atoms with Crippen LogP contribution in [0.5, 0.6) is 0 Å². The molecule has 1 aromatic heterocycles. The van der Waals surface area contributed by atoms with E-state index >= 15 is 0 Å². The van der Waals surface area contributed by atoms with Gasteiger partial charge in [0.05, 0.1) is 22.2 Å². The minimum absolute atomic E-state index is 0.0241. The predicted molar refractivity (Wildman–Crippen MR) is 78.9 cm³/mol. The fraction of sp³-hybridized carbons (Fsp3) is 0.154. The van der Waals surface area contributed by atoms with E-state index in [4.69, 9.17) is 17.3 Å². The van der Waals surface area contributed by atoms with Gasteiger partial charge in [-0.15, -0.1) is 0 Å². The number of anilines is 1. The molecule has 1 aromatic carbocycles. The molecule has 20 heavy (non-hydrogen) atoms. The van der Waals surface area contributed by atoms with E-state index in [1.165, 1.54) is 6.07 Å². The molecule has 0 fully saturated rings. The van der Waals surface area contributed by atoms with Gasteiger partial charge >= 0.3 is 0 Å². The van der Waals surface area contributed by atoms with Crippen LogP contribution in [-0.2, 0) is 16.6 Å². The molecular formula is C13H14ClN3O2S. The normalized spacial score (nSPS) is 11.5. The van der Waals surface area contributed by atoms with E-state index in [2.05, 4.69) is 9.71 Å². The van der Waals surface area contributed by atoms with Crippen molar-refractivity contribution in [3.05, 3.63) is 52.8 Å². The summed E-state index contributed by atoms with van der Waals surface area (Å²) in [4.78, 5) is 4.19. The summed E-state index contributed by atoms with van der Waals surface area (Å²) in [7, 11) is -3.66. The van der Waals surface area contributed by atoms with Crippen molar-refractivity contribution in [2.45, 2.75) is 18.4 Å². The molecule has 0 aliphatic rings. The molecule has 0 bridgehead atoms. The maximum absolute atomic E-state index is 12.3. The largest absolute Gasteiger partial charge is 0.399 e. The SMILES string of the molecule is Cc1ccc(N)cc1S(=O)(=O)NCc1ncccc1Cl. The average Bonchev–Trinajstić information content (AvgIpc) is 2.40. The molecule has 0 spiro atoms. The van der Waals surface area contributed by atoms with E-state index in [9.17, 15) is 8.42 Å². The maximum atomic E-state index is 12.3. The highest BCUT2D eigenvalue weighted by molar-refractivity contribution is 7.89. The minimum Gasteiger partial charge on any atom is -0.399 e. The van der Waals surface area contributed by atoms with Crippen LogP contribution in [-0.4, -0.2) is 13.4 Å². The topological polar surface area (TPSA) is 85.1 Å². The van der Waals surface area contributed by atoms with Crippen LogP contribution < -0.4 is 10.5 Å². The number of nitrogen functional groups attached to an aromatic ring is 1. The van der Waals surface area contributed by atoms with E-state index in [-0.39, 0.29) is 11.4 Å². The summed E-state index contributed by atoms with van der Waals surface area (Å²) < 4.78 is 27.0. The predicted octanol–water partition coefficient (Wildman–Crippen LogP) is 2.10. The van der Waals surface area contributed by atoms with Gasteiger partial charge in [0.15, 0.2) is 0 Å². The molecule has 7 heteroatoms. The first kappa shape index (κ1) is 14.8. The third-order valence-electron chi connectivity index (χ3n) is 2.77. The van der Waals surface area contributed by atoms with Crippen molar-refractivity contribution in [3.8, 4) is 0 Å². The Kier molecular flexibility index (Phi) is 4.27. The van der Waals surface area contributed by atoms with Gasteiger partial charge < -0.3 is 5.73 Å². The summed E-state index contributed by atoms with van der Waals surface area (Å²) in [5, 5.41) is 0.416. The average molecular weight is 312 g/mol. The molecule has 2 aromatic rings. The van der Waals surface area contributed by atoms with Gasteiger partial charge in [-0.3, -0.25) is 4.98 Å². The third-order valence-corrected chi connectivity index (χ3v) is 4.65. The van der Waals surface area contributed by atoms with Crippen LogP contribution in [0.15, 0.2) is 41.4 Å². The standard InChI is InChI=1S/C13H14ClN3O2S/c1-9-4-5-10(15)7-13(9)20(18,19)17-8-12-11(14)3-2-6-16-12/h2-7,17H,8,15H2,1H3. The lowest BCUT2D eigenvalue weighted by Crippen LogP contribution is -2.24. The van der Waals surface area contributed by atoms with Gasteiger partial charge in [0.2, 0.25) is 10.0 Å². The molecule has 0 radical (unpaired) electrons. The minimum atomic E-state index is -3.66. The molecule has 0 atom stereocenters. The lowest BCUT2D eigenvalue weighted by Gasteiger charge is -2.10. The van der Waals surface area contributed by atoms with Crippen molar-refractivity contribution in [2.75, 3.05) is 5.73 Å². The fourth-order valence-corrected chi connectivity index (χ4v) is 3.15. The van der Waals surface area contributed by atoms with Crippen LogP contribution >= 0.6 is 11.6 Å². The number of benzene rings is 1. The van der Waals surface area contributed by atoms with Crippen molar-refractivity contribution < 1.29 is 8.42 Å². The molecule has 0 amide bonds. The maximum Gasteiger partial charge on any atom is 0.241 e. The fourth-order valence-electron chi connectivity index (χ4n) is 1.70. The van der Waals surface area contributed by atoms with Crippen molar-refractivity contribution in [1.82, 2.24) is 9.71 Å². The number of hydrogen-bond donors (Lipinski definition) is 2. The summed E-state index contributed by atoms with van der Waals surface area (Å²) in [6.45, 7) is 1.73. The highest BCUT2D eigenvalue weighted by Crippen LogP contribution is 2.19. The zero-order valence-electron chi connectivity index (χ0n) is 10.8. The Morgan fingerprint density at radius 3 is 2.80 bits per heavy atom. The first-order valence-electron chi connectivity index (χ1n) is 5.85. The third kappa shape index (κ3) is 3.27. The summed E-state index contributed by atoms with van der Waals surface area (Å²) >= 11 is 5.94. The van der Waals surface area contributed by atoms with Gasteiger partial charge in [-0.25, -0.2) is 13.1 Å². The van der Waals surface area contributed by atoms with Crippen molar-refractivity contribution in [2.24, 2.45) is 0 Å². The summed E-state index contributed by atoms with van der Waals surface area (Å²) in [6.07, 6.45) is 1.56. The molecule has 1 heterocycles. The molecule has 0 saturated heterocycles. The summed E-state index contributed by atoms with van der Waals surface area (Å²) in [6, 6.07) is 8.09. The molecular weight excluding hydrogens is 298 g/mol. The van der Waals surface area contributed by atoms with E-state index in [0.717, 1.165) is 0 Å². The van der Waals surface area contributed by atoms with Gasteiger partial charge in [0.1, 0.15) is 0 Å². The zero-order chi connectivity index (χ0) is 14.8.